The van der Waals surface area contributed by atoms with Crippen LogP contribution in [0.4, 0.5) is 5.13 Å². The summed E-state index contributed by atoms with van der Waals surface area (Å²) in [6.07, 6.45) is 0. The Labute approximate surface area is 120 Å². The molecule has 0 spiro atoms. The minimum Gasteiger partial charge on any atom is -0.461 e. The largest absolute Gasteiger partial charge is 0.461 e. The molecule has 0 aromatic carbocycles. The maximum absolute atomic E-state index is 11.8. The quantitative estimate of drug-likeness (QED) is 0.646. The van der Waals surface area contributed by atoms with Gasteiger partial charge in [0.25, 0.3) is 0 Å². The van der Waals surface area contributed by atoms with Crippen molar-refractivity contribution in [1.29, 1.82) is 0 Å². The Morgan fingerprint density at radius 2 is 2.15 bits per heavy atom. The van der Waals surface area contributed by atoms with Gasteiger partial charge >= 0.3 is 5.97 Å². The topological polar surface area (TPSA) is 80.8 Å². The first-order valence-corrected chi connectivity index (χ1v) is 7.21. The summed E-state index contributed by atoms with van der Waals surface area (Å²) in [6.45, 7) is 6.11. The molecule has 2 heterocycles. The molecule has 0 saturated carbocycles. The molecule has 1 aromatic rings. The fourth-order valence-electron chi connectivity index (χ4n) is 1.75. The summed E-state index contributed by atoms with van der Waals surface area (Å²) < 4.78 is 10.2. The van der Waals surface area contributed by atoms with Crippen molar-refractivity contribution >= 4 is 28.2 Å². The molecule has 8 heteroatoms. The predicted molar refractivity (Wildman–Crippen MR) is 74.1 cm³/mol. The monoisotopic (exact) mass is 299 g/mol. The number of hydrogen-bond donors (Lipinski definition) is 1. The zero-order chi connectivity index (χ0) is 14.5. The molecule has 1 N–H and O–H groups in total. The highest BCUT2D eigenvalue weighted by molar-refractivity contribution is 7.17. The average Bonchev–Trinajstić information content (AvgIpc) is 2.84. The van der Waals surface area contributed by atoms with Gasteiger partial charge in [0.15, 0.2) is 16.6 Å². The van der Waals surface area contributed by atoms with Gasteiger partial charge in [-0.3, -0.25) is 10.2 Å². The summed E-state index contributed by atoms with van der Waals surface area (Å²) in [5.41, 5.74) is 3.18. The Balaban J connectivity index is 2.15. The maximum Gasteiger partial charge on any atom is 0.358 e. The van der Waals surface area contributed by atoms with Crippen LogP contribution in [0.3, 0.4) is 0 Å². The number of thiazole rings is 1. The van der Waals surface area contributed by atoms with Gasteiger partial charge < -0.3 is 9.47 Å². The summed E-state index contributed by atoms with van der Waals surface area (Å²) in [4.78, 5) is 27.9. The number of Topliss-reactive ketones (excluding diaryl/α,β-unsaturated/α-hetero) is 1. The number of carbonyl (C=O) groups excluding carboxylic acids is 2. The summed E-state index contributed by atoms with van der Waals surface area (Å²) in [5, 5.41) is 2.46. The normalized spacial score (nSPS) is 15.9. The van der Waals surface area contributed by atoms with Crippen molar-refractivity contribution in [3.63, 3.8) is 0 Å². The molecule has 1 fully saturated rings. The van der Waals surface area contributed by atoms with Crippen LogP contribution >= 0.6 is 11.3 Å². The van der Waals surface area contributed by atoms with Crippen molar-refractivity contribution in [1.82, 2.24) is 9.99 Å². The number of hydrazine groups is 1. The summed E-state index contributed by atoms with van der Waals surface area (Å²) in [5.74, 6) is -0.760. The third-order valence-electron chi connectivity index (χ3n) is 2.68. The van der Waals surface area contributed by atoms with Gasteiger partial charge in [0.05, 0.1) is 19.8 Å². The van der Waals surface area contributed by atoms with E-state index in [0.29, 0.717) is 23.2 Å². The number of morpholine rings is 1. The first kappa shape index (κ1) is 14.9. The molecular formula is C12H17N3O4S. The molecule has 0 amide bonds. The number of hydrogen-bond acceptors (Lipinski definition) is 8. The lowest BCUT2D eigenvalue weighted by molar-refractivity contribution is 0.0492. The van der Waals surface area contributed by atoms with Crippen LogP contribution in [-0.4, -0.2) is 54.7 Å². The first-order valence-electron chi connectivity index (χ1n) is 6.40. The summed E-state index contributed by atoms with van der Waals surface area (Å²) in [7, 11) is 0. The van der Waals surface area contributed by atoms with E-state index in [4.69, 9.17) is 9.47 Å². The van der Waals surface area contributed by atoms with E-state index in [2.05, 4.69) is 10.4 Å². The van der Waals surface area contributed by atoms with Gasteiger partial charge in [-0.1, -0.05) is 11.3 Å². The number of nitrogens with zero attached hydrogens (tertiary/aromatic N) is 2. The van der Waals surface area contributed by atoms with Gasteiger partial charge in [-0.25, -0.2) is 14.8 Å². The second-order valence-corrected chi connectivity index (χ2v) is 5.18. The third-order valence-corrected chi connectivity index (χ3v) is 3.74. The molecular weight excluding hydrogens is 282 g/mol. The molecule has 1 saturated heterocycles. The van der Waals surface area contributed by atoms with E-state index in [0.717, 1.165) is 24.4 Å². The van der Waals surface area contributed by atoms with Crippen molar-refractivity contribution < 1.29 is 19.1 Å². The van der Waals surface area contributed by atoms with Crippen LogP contribution in [0.15, 0.2) is 0 Å². The van der Waals surface area contributed by atoms with E-state index in [1.54, 1.807) is 6.92 Å². The highest BCUT2D eigenvalue weighted by Gasteiger charge is 2.23. The molecule has 0 radical (unpaired) electrons. The lowest BCUT2D eigenvalue weighted by Gasteiger charge is -2.26. The molecule has 2 rings (SSSR count). The second-order valence-electron chi connectivity index (χ2n) is 4.18. The van der Waals surface area contributed by atoms with Crippen LogP contribution in [0.2, 0.25) is 0 Å². The Hall–Kier alpha value is -1.51. The van der Waals surface area contributed by atoms with E-state index in [9.17, 15) is 9.59 Å². The van der Waals surface area contributed by atoms with Crippen LogP contribution < -0.4 is 5.43 Å². The van der Waals surface area contributed by atoms with Crippen LogP contribution in [0.25, 0.3) is 0 Å². The van der Waals surface area contributed by atoms with Crippen molar-refractivity contribution in [3.05, 3.63) is 10.6 Å². The van der Waals surface area contributed by atoms with Crippen LogP contribution in [0.1, 0.15) is 34.0 Å². The molecule has 1 aliphatic heterocycles. The van der Waals surface area contributed by atoms with E-state index in [-0.39, 0.29) is 18.1 Å². The van der Waals surface area contributed by atoms with Crippen molar-refractivity contribution in [2.24, 2.45) is 0 Å². The lowest BCUT2D eigenvalue weighted by Crippen LogP contribution is -2.40. The SMILES string of the molecule is CCOC(=O)c1nc(NN2CCOCC2)sc1C(C)=O. The predicted octanol–water partition coefficient (Wildman–Crippen LogP) is 1.18. The molecule has 0 bridgehead atoms. The van der Waals surface area contributed by atoms with Gasteiger partial charge in [0.1, 0.15) is 4.88 Å². The number of nitrogens with one attached hydrogen (secondary N) is 1. The molecule has 1 aromatic heterocycles. The number of carbonyl (C=O) groups is 2. The fraction of sp³-hybridized carbons (Fsp3) is 0.583. The van der Waals surface area contributed by atoms with Crippen LogP contribution in [0.5, 0.6) is 0 Å². The number of ketones is 1. The minimum absolute atomic E-state index is 0.0834. The Bertz CT molecular complexity index is 497. The number of aromatic nitrogens is 1. The van der Waals surface area contributed by atoms with Crippen molar-refractivity contribution in [3.8, 4) is 0 Å². The highest BCUT2D eigenvalue weighted by atomic mass is 32.1. The smallest absolute Gasteiger partial charge is 0.358 e. The average molecular weight is 299 g/mol. The number of anilines is 1. The molecule has 0 aliphatic carbocycles. The summed E-state index contributed by atoms with van der Waals surface area (Å²) in [6, 6.07) is 0. The van der Waals surface area contributed by atoms with Gasteiger partial charge in [0.2, 0.25) is 0 Å². The fourth-order valence-corrected chi connectivity index (χ4v) is 2.63. The Morgan fingerprint density at radius 3 is 2.75 bits per heavy atom. The Kier molecular flexibility index (Phi) is 5.05. The number of rotatable bonds is 5. The van der Waals surface area contributed by atoms with E-state index < -0.39 is 5.97 Å². The second kappa shape index (κ2) is 6.78. The molecule has 7 nitrogen and oxygen atoms in total. The van der Waals surface area contributed by atoms with Crippen molar-refractivity contribution in [2.45, 2.75) is 13.8 Å². The molecule has 20 heavy (non-hydrogen) atoms. The molecule has 0 unspecified atom stereocenters. The van der Waals surface area contributed by atoms with Gasteiger partial charge in [0, 0.05) is 20.0 Å². The molecule has 0 atom stereocenters. The summed E-state index contributed by atoms with van der Waals surface area (Å²) >= 11 is 1.16. The molecule has 110 valence electrons. The highest BCUT2D eigenvalue weighted by Crippen LogP contribution is 2.25. The van der Waals surface area contributed by atoms with Gasteiger partial charge in [-0.2, -0.15) is 0 Å². The van der Waals surface area contributed by atoms with Crippen LogP contribution in [0, 0.1) is 0 Å². The maximum atomic E-state index is 11.8. The number of esters is 1. The number of ether oxygens (including phenoxy) is 2. The third kappa shape index (κ3) is 3.53. The first-order chi connectivity index (χ1) is 9.61. The lowest BCUT2D eigenvalue weighted by atomic mass is 10.3. The van der Waals surface area contributed by atoms with Crippen LogP contribution in [-0.2, 0) is 9.47 Å². The van der Waals surface area contributed by atoms with Gasteiger partial charge in [-0.15, -0.1) is 0 Å². The minimum atomic E-state index is -0.566. The van der Waals surface area contributed by atoms with Gasteiger partial charge in [-0.05, 0) is 6.92 Å². The van der Waals surface area contributed by atoms with E-state index in [1.165, 1.54) is 6.92 Å². The zero-order valence-electron chi connectivity index (χ0n) is 11.5. The van der Waals surface area contributed by atoms with E-state index in [1.807, 2.05) is 5.01 Å². The standard InChI is InChI=1S/C12H17N3O4S/c1-3-19-11(17)9-10(8(2)16)20-12(13-9)14-15-4-6-18-7-5-15/h3-7H2,1-2H3,(H,13,14). The molecule has 1 aliphatic rings. The Morgan fingerprint density at radius 1 is 1.45 bits per heavy atom. The zero-order valence-corrected chi connectivity index (χ0v) is 12.3. The van der Waals surface area contributed by atoms with E-state index >= 15 is 0 Å². The van der Waals surface area contributed by atoms with Crippen molar-refractivity contribution in [2.75, 3.05) is 38.3 Å².